The van der Waals surface area contributed by atoms with Crippen LogP contribution < -0.4 is 5.73 Å². The van der Waals surface area contributed by atoms with E-state index in [2.05, 4.69) is 29.7 Å². The molecule has 0 aliphatic heterocycles. The Labute approximate surface area is 106 Å². The summed E-state index contributed by atoms with van der Waals surface area (Å²) in [6.45, 7) is 3.60. The maximum atomic E-state index is 9.45. The lowest BCUT2D eigenvalue weighted by Gasteiger charge is -2.31. The number of imidazole rings is 1. The fourth-order valence-electron chi connectivity index (χ4n) is 2.76. The Bertz CT molecular complexity index is 570. The lowest BCUT2D eigenvalue weighted by molar-refractivity contribution is 0.0706. The highest BCUT2D eigenvalue weighted by Gasteiger charge is 2.32. The van der Waals surface area contributed by atoms with E-state index < -0.39 is 0 Å². The molecule has 3 N–H and O–H groups in total. The Kier molecular flexibility index (Phi) is 2.84. The van der Waals surface area contributed by atoms with Gasteiger partial charge in [0, 0.05) is 19.0 Å². The van der Waals surface area contributed by atoms with E-state index in [1.807, 2.05) is 0 Å². The molecule has 1 aromatic carbocycles. The second-order valence-electron chi connectivity index (χ2n) is 5.06. The molecule has 0 radical (unpaired) electrons. The van der Waals surface area contributed by atoms with Gasteiger partial charge in [0.15, 0.2) is 0 Å². The van der Waals surface area contributed by atoms with Gasteiger partial charge >= 0.3 is 0 Å². The van der Waals surface area contributed by atoms with Crippen molar-refractivity contribution >= 4 is 11.0 Å². The minimum atomic E-state index is -0.139. The topological polar surface area (TPSA) is 64.1 Å². The maximum absolute atomic E-state index is 9.45. The highest BCUT2D eigenvalue weighted by molar-refractivity contribution is 5.77. The van der Waals surface area contributed by atoms with Crippen molar-refractivity contribution in [3.8, 4) is 0 Å². The second-order valence-corrected chi connectivity index (χ2v) is 5.06. The smallest absolute Gasteiger partial charge is 0.113 e. The zero-order valence-electron chi connectivity index (χ0n) is 10.6. The zero-order valence-corrected chi connectivity index (χ0v) is 10.6. The van der Waals surface area contributed by atoms with Crippen LogP contribution in [-0.2, 0) is 13.1 Å². The molecule has 3 rings (SSSR count). The van der Waals surface area contributed by atoms with Gasteiger partial charge < -0.3 is 15.4 Å². The molecular weight excluding hydrogens is 226 g/mol. The molecule has 1 heterocycles. The molecule has 1 aromatic heterocycles. The molecule has 0 amide bonds. The third kappa shape index (κ3) is 1.72. The van der Waals surface area contributed by atoms with Crippen LogP contribution in [0.1, 0.15) is 37.1 Å². The monoisotopic (exact) mass is 245 g/mol. The Morgan fingerprint density at radius 2 is 2.22 bits per heavy atom. The fourth-order valence-corrected chi connectivity index (χ4v) is 2.76. The number of benzene rings is 1. The van der Waals surface area contributed by atoms with Crippen molar-refractivity contribution in [2.75, 3.05) is 0 Å². The lowest BCUT2D eigenvalue weighted by atomic mass is 9.82. The van der Waals surface area contributed by atoms with E-state index in [1.165, 1.54) is 5.52 Å². The number of aliphatic hydroxyl groups is 1. The number of aliphatic hydroxyl groups excluding tert-OH is 1. The van der Waals surface area contributed by atoms with Crippen molar-refractivity contribution in [3.05, 3.63) is 29.6 Å². The molecule has 4 nitrogen and oxygen atoms in total. The van der Waals surface area contributed by atoms with E-state index in [9.17, 15) is 5.11 Å². The number of aryl methyl sites for hydroxylation is 1. The normalized spacial score (nSPS) is 23.3. The molecule has 0 atom stereocenters. The Balaban J connectivity index is 2.08. The van der Waals surface area contributed by atoms with Gasteiger partial charge in [0.25, 0.3) is 0 Å². The first-order valence-corrected chi connectivity index (χ1v) is 6.60. The molecule has 2 aromatic rings. The number of fused-ring (bicyclic) bond motifs is 1. The fraction of sp³-hybridized carbons (Fsp3) is 0.500. The molecule has 0 unspecified atom stereocenters. The van der Waals surface area contributed by atoms with Crippen molar-refractivity contribution in [2.24, 2.45) is 5.73 Å². The van der Waals surface area contributed by atoms with E-state index >= 15 is 0 Å². The summed E-state index contributed by atoms with van der Waals surface area (Å²) in [5, 5.41) is 9.45. The third-order valence-electron chi connectivity index (χ3n) is 3.87. The van der Waals surface area contributed by atoms with Gasteiger partial charge in [0.1, 0.15) is 5.82 Å². The summed E-state index contributed by atoms with van der Waals surface area (Å²) in [6.07, 6.45) is 1.54. The first kappa shape index (κ1) is 11.7. The minimum absolute atomic E-state index is 0.139. The number of hydrogen-bond donors (Lipinski definition) is 2. The van der Waals surface area contributed by atoms with Crippen LogP contribution >= 0.6 is 0 Å². The molecule has 18 heavy (non-hydrogen) atoms. The van der Waals surface area contributed by atoms with Gasteiger partial charge in [-0.05, 0) is 37.5 Å². The molecule has 0 bridgehead atoms. The van der Waals surface area contributed by atoms with Gasteiger partial charge in [-0.3, -0.25) is 0 Å². The van der Waals surface area contributed by atoms with Gasteiger partial charge in [-0.1, -0.05) is 6.07 Å². The van der Waals surface area contributed by atoms with Crippen LogP contribution in [0.5, 0.6) is 0 Å². The molecule has 4 heteroatoms. The Morgan fingerprint density at radius 1 is 1.44 bits per heavy atom. The van der Waals surface area contributed by atoms with Gasteiger partial charge in [-0.2, -0.15) is 0 Å². The first-order valence-electron chi connectivity index (χ1n) is 6.60. The van der Waals surface area contributed by atoms with Gasteiger partial charge in [0.2, 0.25) is 0 Å². The molecule has 1 aliphatic carbocycles. The number of nitrogens with two attached hydrogens (primary N) is 1. The van der Waals surface area contributed by atoms with Crippen LogP contribution in [-0.4, -0.2) is 20.8 Å². The van der Waals surface area contributed by atoms with Crippen molar-refractivity contribution in [2.45, 2.75) is 44.9 Å². The predicted molar refractivity (Wildman–Crippen MR) is 71.3 cm³/mol. The van der Waals surface area contributed by atoms with Gasteiger partial charge in [-0.15, -0.1) is 0 Å². The summed E-state index contributed by atoms with van der Waals surface area (Å²) in [4.78, 5) is 4.74. The highest BCUT2D eigenvalue weighted by Crippen LogP contribution is 2.37. The number of aromatic nitrogens is 2. The van der Waals surface area contributed by atoms with E-state index in [-0.39, 0.29) is 6.10 Å². The van der Waals surface area contributed by atoms with Crippen molar-refractivity contribution in [1.82, 2.24) is 9.55 Å². The number of nitrogens with zero attached hydrogens (tertiary/aromatic N) is 2. The van der Waals surface area contributed by atoms with Crippen LogP contribution in [0, 0.1) is 0 Å². The summed E-state index contributed by atoms with van der Waals surface area (Å²) < 4.78 is 2.26. The largest absolute Gasteiger partial charge is 0.393 e. The van der Waals surface area contributed by atoms with E-state index in [0.717, 1.165) is 36.3 Å². The molecule has 1 aliphatic rings. The molecule has 0 saturated heterocycles. The van der Waals surface area contributed by atoms with Crippen LogP contribution in [0.4, 0.5) is 0 Å². The van der Waals surface area contributed by atoms with Crippen molar-refractivity contribution < 1.29 is 5.11 Å². The first-order chi connectivity index (χ1) is 8.72. The Morgan fingerprint density at radius 3 is 2.83 bits per heavy atom. The van der Waals surface area contributed by atoms with Crippen molar-refractivity contribution in [1.29, 1.82) is 0 Å². The quantitative estimate of drug-likeness (QED) is 0.866. The summed E-state index contributed by atoms with van der Waals surface area (Å²) >= 11 is 0. The van der Waals surface area contributed by atoms with Gasteiger partial charge in [-0.25, -0.2) is 4.98 Å². The van der Waals surface area contributed by atoms with Crippen molar-refractivity contribution in [3.63, 3.8) is 0 Å². The average molecular weight is 245 g/mol. The zero-order chi connectivity index (χ0) is 12.7. The summed E-state index contributed by atoms with van der Waals surface area (Å²) in [6, 6.07) is 6.24. The molecular formula is C14H19N3O. The third-order valence-corrected chi connectivity index (χ3v) is 3.87. The second kappa shape index (κ2) is 4.37. The maximum Gasteiger partial charge on any atom is 0.113 e. The summed E-state index contributed by atoms with van der Waals surface area (Å²) in [7, 11) is 0. The Hall–Kier alpha value is -1.39. The minimum Gasteiger partial charge on any atom is -0.393 e. The molecule has 0 spiro atoms. The van der Waals surface area contributed by atoms with E-state index in [1.54, 1.807) is 0 Å². The van der Waals surface area contributed by atoms with Crippen LogP contribution in [0.2, 0.25) is 0 Å². The van der Waals surface area contributed by atoms with Crippen LogP contribution in [0.3, 0.4) is 0 Å². The average Bonchev–Trinajstić information content (AvgIpc) is 2.71. The molecule has 1 saturated carbocycles. The highest BCUT2D eigenvalue weighted by atomic mass is 16.3. The number of rotatable bonds is 3. The molecule has 96 valence electrons. The predicted octanol–water partition coefficient (Wildman–Crippen LogP) is 1.75. The lowest BCUT2D eigenvalue weighted by Crippen LogP contribution is -2.28. The van der Waals surface area contributed by atoms with Crippen LogP contribution in [0.25, 0.3) is 11.0 Å². The van der Waals surface area contributed by atoms with Crippen LogP contribution in [0.15, 0.2) is 18.2 Å². The van der Waals surface area contributed by atoms with Gasteiger partial charge in [0.05, 0.1) is 17.1 Å². The SMILES string of the molecule is CCn1c(C2CC(O)C2)nc2cc(CN)ccc21. The van der Waals surface area contributed by atoms with E-state index in [0.29, 0.717) is 12.5 Å². The number of hydrogen-bond acceptors (Lipinski definition) is 3. The summed E-state index contributed by atoms with van der Waals surface area (Å²) in [5.41, 5.74) is 8.98. The summed E-state index contributed by atoms with van der Waals surface area (Å²) in [5.74, 6) is 1.53. The van der Waals surface area contributed by atoms with E-state index in [4.69, 9.17) is 10.7 Å². The molecule has 1 fully saturated rings. The standard InChI is InChI=1S/C14H19N3O/c1-2-17-13-4-3-9(8-15)5-12(13)16-14(17)10-6-11(18)7-10/h3-5,10-11,18H,2,6-8,15H2,1H3.